The largest absolute Gasteiger partial charge is 0.208 e. The molecular formula is C61H41N3S. The second-order valence-corrected chi connectivity index (χ2v) is 18.9. The Morgan fingerprint density at radius 2 is 0.785 bits per heavy atom. The van der Waals surface area contributed by atoms with E-state index in [4.69, 9.17) is 15.0 Å². The lowest BCUT2D eigenvalue weighted by Crippen LogP contribution is -2.40. The van der Waals surface area contributed by atoms with Crippen LogP contribution in [0.5, 0.6) is 0 Å². The fourth-order valence-electron chi connectivity index (χ4n) is 11.2. The highest BCUT2D eigenvalue weighted by molar-refractivity contribution is 7.26. The maximum Gasteiger partial charge on any atom is 0.165 e. The zero-order valence-corrected chi connectivity index (χ0v) is 36.8. The second-order valence-electron chi connectivity index (χ2n) is 17.8. The number of fused-ring (bicyclic) bond motifs is 12. The molecule has 65 heavy (non-hydrogen) atoms. The van der Waals surface area contributed by atoms with Gasteiger partial charge in [-0.25, -0.2) is 15.0 Å². The first-order valence-electron chi connectivity index (χ1n) is 22.4. The average Bonchev–Trinajstić information content (AvgIpc) is 3.90. The van der Waals surface area contributed by atoms with Crippen LogP contribution in [0.4, 0.5) is 0 Å². The lowest BCUT2D eigenvalue weighted by atomic mass is 9.55. The van der Waals surface area contributed by atoms with Crippen molar-refractivity contribution in [3.05, 3.63) is 246 Å². The highest BCUT2D eigenvalue weighted by atomic mass is 32.1. The van der Waals surface area contributed by atoms with Crippen LogP contribution >= 0.6 is 11.3 Å². The van der Waals surface area contributed by atoms with Crippen molar-refractivity contribution in [2.24, 2.45) is 0 Å². The molecule has 11 aromatic rings. The Hall–Kier alpha value is -7.79. The van der Waals surface area contributed by atoms with Gasteiger partial charge in [-0.05, 0) is 78.9 Å². The van der Waals surface area contributed by atoms with Gasteiger partial charge in [0.25, 0.3) is 0 Å². The van der Waals surface area contributed by atoms with E-state index < -0.39 is 5.41 Å². The summed E-state index contributed by atoms with van der Waals surface area (Å²) in [6.45, 7) is 4.74. The van der Waals surface area contributed by atoms with E-state index in [9.17, 15) is 0 Å². The van der Waals surface area contributed by atoms with Crippen molar-refractivity contribution in [1.29, 1.82) is 0 Å². The van der Waals surface area contributed by atoms with Gasteiger partial charge in [-0.1, -0.05) is 214 Å². The molecule has 13 rings (SSSR count). The molecule has 9 aromatic carbocycles. The van der Waals surface area contributed by atoms with Gasteiger partial charge in [0.1, 0.15) is 0 Å². The highest BCUT2D eigenvalue weighted by Crippen LogP contribution is 2.63. The molecule has 0 bridgehead atoms. The molecule has 1 spiro atoms. The normalized spacial score (nSPS) is 13.9. The minimum Gasteiger partial charge on any atom is -0.208 e. The summed E-state index contributed by atoms with van der Waals surface area (Å²) in [5.41, 5.74) is 17.0. The van der Waals surface area contributed by atoms with Gasteiger partial charge in [0.15, 0.2) is 17.5 Å². The van der Waals surface area contributed by atoms with Crippen molar-refractivity contribution in [3.8, 4) is 67.5 Å². The Morgan fingerprint density at radius 3 is 1.51 bits per heavy atom. The van der Waals surface area contributed by atoms with E-state index in [1.54, 1.807) is 11.3 Å². The molecule has 3 nitrogen and oxygen atoms in total. The molecule has 0 aliphatic heterocycles. The minimum absolute atomic E-state index is 0.186. The van der Waals surface area contributed by atoms with E-state index in [1.165, 1.54) is 75.8 Å². The maximum absolute atomic E-state index is 5.55. The second kappa shape index (κ2) is 14.4. The summed E-state index contributed by atoms with van der Waals surface area (Å²) >= 11 is 1.80. The van der Waals surface area contributed by atoms with Crippen molar-refractivity contribution in [3.63, 3.8) is 0 Å². The molecule has 306 valence electrons. The molecule has 0 N–H and O–H groups in total. The van der Waals surface area contributed by atoms with Gasteiger partial charge >= 0.3 is 0 Å². The summed E-state index contributed by atoms with van der Waals surface area (Å²) in [5, 5.41) is 2.45. The molecule has 2 aliphatic rings. The summed E-state index contributed by atoms with van der Waals surface area (Å²) in [6, 6.07) is 77.1. The van der Waals surface area contributed by atoms with E-state index in [0.717, 1.165) is 27.8 Å². The number of benzene rings is 9. The van der Waals surface area contributed by atoms with Crippen molar-refractivity contribution in [1.82, 2.24) is 15.0 Å². The predicted molar refractivity (Wildman–Crippen MR) is 269 cm³/mol. The molecule has 2 aromatic heterocycles. The van der Waals surface area contributed by atoms with E-state index in [1.807, 2.05) is 0 Å². The Kier molecular flexibility index (Phi) is 8.34. The van der Waals surface area contributed by atoms with Crippen molar-refractivity contribution < 1.29 is 0 Å². The van der Waals surface area contributed by atoms with Crippen molar-refractivity contribution in [2.45, 2.75) is 24.7 Å². The van der Waals surface area contributed by atoms with E-state index >= 15 is 0 Å². The molecule has 4 heteroatoms. The first-order valence-corrected chi connectivity index (χ1v) is 23.2. The number of rotatable bonds is 5. The number of hydrogen-bond donors (Lipinski definition) is 0. The maximum atomic E-state index is 5.55. The van der Waals surface area contributed by atoms with Crippen LogP contribution < -0.4 is 0 Å². The minimum atomic E-state index is -0.537. The van der Waals surface area contributed by atoms with Gasteiger partial charge < -0.3 is 0 Å². The number of hydrogen-bond acceptors (Lipinski definition) is 4. The van der Waals surface area contributed by atoms with Crippen molar-refractivity contribution >= 4 is 31.5 Å². The quantitative estimate of drug-likeness (QED) is 0.173. The van der Waals surface area contributed by atoms with E-state index in [2.05, 4.69) is 226 Å². The zero-order chi connectivity index (χ0) is 43.3. The van der Waals surface area contributed by atoms with Crippen LogP contribution in [0, 0.1) is 0 Å². The predicted octanol–water partition coefficient (Wildman–Crippen LogP) is 15.6. The molecule has 2 aliphatic carbocycles. The lowest BCUT2D eigenvalue weighted by molar-refractivity contribution is 0.563. The van der Waals surface area contributed by atoms with Gasteiger partial charge in [-0.2, -0.15) is 0 Å². The first-order chi connectivity index (χ1) is 32.0. The van der Waals surface area contributed by atoms with Crippen LogP contribution in [0.1, 0.15) is 47.2 Å². The molecule has 0 saturated carbocycles. The Labute approximate surface area is 382 Å². The molecule has 0 unspecified atom stereocenters. The molecule has 0 saturated heterocycles. The van der Waals surface area contributed by atoms with Gasteiger partial charge in [-0.3, -0.25) is 0 Å². The third-order valence-corrected chi connectivity index (χ3v) is 15.3. The molecule has 0 atom stereocenters. The summed E-state index contributed by atoms with van der Waals surface area (Å²) in [4.78, 5) is 16.5. The number of nitrogens with zero attached hydrogens (tertiary/aromatic N) is 3. The molecule has 0 fully saturated rings. The SMILES string of the molecule is CC1(C)c2ccccc2C2(c3ccccc3-c3c(-c4nc(-c5ccccc5-c5ccc(-c6ccccc6)cc5)nc(-c5cccc6c5sc5ccccc56)n4)cccc32)c2ccccc21. The average molecular weight is 848 g/mol. The highest BCUT2D eigenvalue weighted by Gasteiger charge is 2.53. The van der Waals surface area contributed by atoms with Gasteiger partial charge in [0.2, 0.25) is 0 Å². The monoisotopic (exact) mass is 847 g/mol. The Bertz CT molecular complexity index is 3640. The van der Waals surface area contributed by atoms with Crippen molar-refractivity contribution in [2.75, 3.05) is 0 Å². The topological polar surface area (TPSA) is 38.7 Å². The molecule has 0 radical (unpaired) electrons. The number of thiophene rings is 1. The van der Waals surface area contributed by atoms with E-state index in [0.29, 0.717) is 17.5 Å². The van der Waals surface area contributed by atoms with Gasteiger partial charge in [-0.15, -0.1) is 11.3 Å². The third-order valence-electron chi connectivity index (χ3n) is 14.1. The summed E-state index contributed by atoms with van der Waals surface area (Å²) < 4.78 is 2.41. The number of aromatic nitrogens is 3. The zero-order valence-electron chi connectivity index (χ0n) is 36.0. The van der Waals surface area contributed by atoms with Crippen LogP contribution in [0.2, 0.25) is 0 Å². The van der Waals surface area contributed by atoms with Crippen LogP contribution in [0.25, 0.3) is 87.7 Å². The van der Waals surface area contributed by atoms with Gasteiger partial charge in [0, 0.05) is 42.3 Å². The Morgan fingerprint density at radius 1 is 0.323 bits per heavy atom. The molecule has 2 heterocycles. The molecule has 0 amide bonds. The third kappa shape index (κ3) is 5.51. The summed E-state index contributed by atoms with van der Waals surface area (Å²) in [5.74, 6) is 1.95. The fourth-order valence-corrected chi connectivity index (χ4v) is 12.4. The smallest absolute Gasteiger partial charge is 0.165 e. The van der Waals surface area contributed by atoms with E-state index in [-0.39, 0.29) is 5.41 Å². The van der Waals surface area contributed by atoms with Crippen LogP contribution in [0.3, 0.4) is 0 Å². The van der Waals surface area contributed by atoms with Crippen LogP contribution in [-0.4, -0.2) is 15.0 Å². The van der Waals surface area contributed by atoms with Crippen LogP contribution in [0.15, 0.2) is 212 Å². The lowest BCUT2D eigenvalue weighted by Gasteiger charge is -2.46. The summed E-state index contributed by atoms with van der Waals surface area (Å²) in [6.07, 6.45) is 0. The van der Waals surface area contributed by atoms with Gasteiger partial charge in [0.05, 0.1) is 5.41 Å². The Balaban J connectivity index is 1.08. The molecular weight excluding hydrogens is 807 g/mol. The fraction of sp³-hybridized carbons (Fsp3) is 0.0656. The van der Waals surface area contributed by atoms with Crippen LogP contribution in [-0.2, 0) is 10.8 Å². The standard InChI is InChI=1S/C61H41N3S/c1-60(2)49-28-11-13-30-51(49)61(52-31-14-12-29-50(52)60)48-27-10-8-23-45(48)55-46(25-17-32-53(55)61)58-62-57(63-59(64-58)47-26-16-24-43-42-21-9-15-33-54(42)65-56(43)47)44-22-7-6-20-41(44)40-36-34-39(35-37-40)38-18-4-3-5-19-38/h3-37H,1-2H3. The summed E-state index contributed by atoms with van der Waals surface area (Å²) in [7, 11) is 0. The first kappa shape index (κ1) is 37.7.